The molecule has 0 radical (unpaired) electrons. The minimum Gasteiger partial charge on any atom is -0.488 e. The van der Waals surface area contributed by atoms with Crippen molar-refractivity contribution < 1.29 is 41.4 Å². The van der Waals surface area contributed by atoms with E-state index in [1.807, 2.05) is 30.3 Å². The van der Waals surface area contributed by atoms with Gasteiger partial charge in [0.15, 0.2) is 0 Å². The minimum atomic E-state index is -4.90. The van der Waals surface area contributed by atoms with E-state index in [0.717, 1.165) is 11.1 Å². The van der Waals surface area contributed by atoms with E-state index in [2.05, 4.69) is 5.32 Å². The van der Waals surface area contributed by atoms with Crippen LogP contribution in [-0.4, -0.2) is 36.4 Å². The smallest absolute Gasteiger partial charge is 0.414 e. The molecule has 0 saturated heterocycles. The summed E-state index contributed by atoms with van der Waals surface area (Å²) in [6.07, 6.45) is -3.38. The first-order valence-corrected chi connectivity index (χ1v) is 14.5. The van der Waals surface area contributed by atoms with Crippen LogP contribution in [0.25, 0.3) is 22.1 Å². The molecule has 3 aromatic carbocycles. The molecule has 1 unspecified atom stereocenters. The summed E-state index contributed by atoms with van der Waals surface area (Å²) < 4.78 is 64.0. The number of furan rings is 1. The molecule has 45 heavy (non-hydrogen) atoms. The lowest BCUT2D eigenvalue weighted by Gasteiger charge is -2.26. The van der Waals surface area contributed by atoms with Gasteiger partial charge in [-0.2, -0.15) is 13.2 Å². The molecule has 0 fully saturated rings. The lowest BCUT2D eigenvalue weighted by Crippen LogP contribution is -2.50. The highest BCUT2D eigenvalue weighted by Crippen LogP contribution is 2.33. The quantitative estimate of drug-likeness (QED) is 0.169. The summed E-state index contributed by atoms with van der Waals surface area (Å²) in [5, 5.41) is 2.96. The second-order valence-corrected chi connectivity index (χ2v) is 11.4. The number of esters is 2. The fraction of sp³-hybridized carbons (Fsp3) is 0.353. The number of alkyl halides is 3. The molecule has 0 aliphatic carbocycles. The van der Waals surface area contributed by atoms with Gasteiger partial charge in [0.05, 0.1) is 19.3 Å². The van der Waals surface area contributed by atoms with E-state index in [0.29, 0.717) is 45.5 Å². The number of fused-ring (bicyclic) bond motifs is 1. The largest absolute Gasteiger partial charge is 0.488 e. The molecule has 0 amide bonds. The topological polar surface area (TPSA) is 113 Å². The maximum Gasteiger partial charge on any atom is 0.414 e. The van der Waals surface area contributed by atoms with E-state index in [1.165, 1.54) is 27.0 Å². The number of rotatable bonds is 12. The standard InChI is InChI=1S/C34H37F3N2O6/c1-5-42-29(40)16-23-10-6-7-12-28(23)43-19-26-20-44-30-25(18-39-31(34(35,36)37)32(41)45-33(2,3)4)14-24(15-27(26)30)22-11-8-9-21(13-22)17-38/h6-15,20,31,39H,5,16-19,38H2,1-4H3. The lowest BCUT2D eigenvalue weighted by atomic mass is 9.97. The summed E-state index contributed by atoms with van der Waals surface area (Å²) >= 11 is 0. The van der Waals surface area contributed by atoms with Crippen LogP contribution >= 0.6 is 0 Å². The van der Waals surface area contributed by atoms with Crippen molar-refractivity contribution in [2.45, 2.75) is 71.6 Å². The van der Waals surface area contributed by atoms with Gasteiger partial charge < -0.3 is 24.4 Å². The summed E-state index contributed by atoms with van der Waals surface area (Å²) in [6, 6.07) is 15.6. The third-order valence-electron chi connectivity index (χ3n) is 6.79. The highest BCUT2D eigenvalue weighted by molar-refractivity contribution is 5.89. The van der Waals surface area contributed by atoms with Crippen LogP contribution < -0.4 is 15.8 Å². The Morgan fingerprint density at radius 2 is 1.71 bits per heavy atom. The number of para-hydroxylation sites is 1. The lowest BCUT2D eigenvalue weighted by molar-refractivity contribution is -0.192. The first-order chi connectivity index (χ1) is 21.3. The van der Waals surface area contributed by atoms with Crippen molar-refractivity contribution in [2.24, 2.45) is 5.73 Å². The number of ether oxygens (including phenoxy) is 3. The molecule has 11 heteroatoms. The number of nitrogens with one attached hydrogen (secondary N) is 1. The molecule has 0 bridgehead atoms. The number of hydrogen-bond acceptors (Lipinski definition) is 8. The Bertz CT molecular complexity index is 1640. The van der Waals surface area contributed by atoms with Crippen LogP contribution in [0.3, 0.4) is 0 Å². The van der Waals surface area contributed by atoms with E-state index in [9.17, 15) is 22.8 Å². The van der Waals surface area contributed by atoms with Crippen molar-refractivity contribution in [1.82, 2.24) is 5.32 Å². The molecule has 240 valence electrons. The second kappa shape index (κ2) is 14.2. The molecule has 0 aliphatic heterocycles. The molecule has 0 saturated carbocycles. The Morgan fingerprint density at radius 1 is 0.956 bits per heavy atom. The number of halogens is 3. The Kier molecular flexibility index (Phi) is 10.6. The molecular weight excluding hydrogens is 589 g/mol. The summed E-state index contributed by atoms with van der Waals surface area (Å²) in [5.74, 6) is -1.32. The van der Waals surface area contributed by atoms with Gasteiger partial charge in [0, 0.05) is 35.2 Å². The van der Waals surface area contributed by atoms with Crippen molar-refractivity contribution in [3.05, 3.63) is 89.2 Å². The Balaban J connectivity index is 1.70. The molecule has 1 aromatic heterocycles. The molecule has 4 aromatic rings. The molecule has 1 heterocycles. The number of benzene rings is 3. The first kappa shape index (κ1) is 33.5. The second-order valence-electron chi connectivity index (χ2n) is 11.4. The number of nitrogens with two attached hydrogens (primary N) is 1. The average Bonchev–Trinajstić information content (AvgIpc) is 3.38. The average molecular weight is 627 g/mol. The molecule has 0 spiro atoms. The molecule has 0 aliphatic rings. The van der Waals surface area contributed by atoms with Crippen LogP contribution in [0.5, 0.6) is 5.75 Å². The van der Waals surface area contributed by atoms with E-state index in [4.69, 9.17) is 24.4 Å². The zero-order chi connectivity index (χ0) is 32.8. The van der Waals surface area contributed by atoms with Crippen molar-refractivity contribution in [3.63, 3.8) is 0 Å². The molecule has 4 rings (SSSR count). The zero-order valence-electron chi connectivity index (χ0n) is 25.6. The highest BCUT2D eigenvalue weighted by atomic mass is 19.4. The Morgan fingerprint density at radius 3 is 2.40 bits per heavy atom. The van der Waals surface area contributed by atoms with Crippen molar-refractivity contribution in [3.8, 4) is 16.9 Å². The van der Waals surface area contributed by atoms with Gasteiger partial charge in [0.1, 0.15) is 23.5 Å². The van der Waals surface area contributed by atoms with E-state index in [-0.39, 0.29) is 32.1 Å². The SMILES string of the molecule is CCOC(=O)Cc1ccccc1OCc1coc2c(CNC(C(=O)OC(C)(C)C)C(F)(F)F)cc(-c3cccc(CN)c3)cc12. The normalized spacial score (nSPS) is 12.6. The predicted molar refractivity (Wildman–Crippen MR) is 163 cm³/mol. The minimum absolute atomic E-state index is 0.0334. The van der Waals surface area contributed by atoms with Gasteiger partial charge in [-0.3, -0.25) is 10.1 Å². The molecule has 3 N–H and O–H groups in total. The van der Waals surface area contributed by atoms with Crippen LogP contribution in [-0.2, 0) is 45.2 Å². The van der Waals surface area contributed by atoms with E-state index < -0.39 is 23.8 Å². The third-order valence-corrected chi connectivity index (χ3v) is 6.79. The van der Waals surface area contributed by atoms with Gasteiger partial charge in [-0.1, -0.05) is 36.4 Å². The van der Waals surface area contributed by atoms with Gasteiger partial charge in [-0.15, -0.1) is 0 Å². The Hall–Kier alpha value is -4.35. The van der Waals surface area contributed by atoms with Gasteiger partial charge in [-0.05, 0) is 68.7 Å². The fourth-order valence-corrected chi connectivity index (χ4v) is 4.77. The number of carbonyl (C=O) groups excluding carboxylic acids is 2. The molecule has 8 nitrogen and oxygen atoms in total. The Labute approximate surface area is 259 Å². The summed E-state index contributed by atoms with van der Waals surface area (Å²) in [7, 11) is 0. The predicted octanol–water partition coefficient (Wildman–Crippen LogP) is 6.61. The van der Waals surface area contributed by atoms with Gasteiger partial charge in [-0.25, -0.2) is 4.79 Å². The van der Waals surface area contributed by atoms with Gasteiger partial charge >= 0.3 is 18.1 Å². The summed E-state index contributed by atoms with van der Waals surface area (Å²) in [4.78, 5) is 24.6. The van der Waals surface area contributed by atoms with E-state index >= 15 is 0 Å². The van der Waals surface area contributed by atoms with Crippen molar-refractivity contribution in [1.29, 1.82) is 0 Å². The maximum absolute atomic E-state index is 14.0. The maximum atomic E-state index is 14.0. The van der Waals surface area contributed by atoms with Crippen LogP contribution in [0.15, 0.2) is 71.3 Å². The zero-order valence-corrected chi connectivity index (χ0v) is 25.6. The monoisotopic (exact) mass is 626 g/mol. The van der Waals surface area contributed by atoms with Gasteiger partial charge in [0.2, 0.25) is 6.04 Å². The van der Waals surface area contributed by atoms with Crippen LogP contribution in [0.4, 0.5) is 13.2 Å². The van der Waals surface area contributed by atoms with E-state index in [1.54, 1.807) is 37.3 Å². The molecular formula is C34H37F3N2O6. The summed E-state index contributed by atoms with van der Waals surface area (Å²) in [5.41, 5.74) is 9.15. The summed E-state index contributed by atoms with van der Waals surface area (Å²) in [6.45, 7) is 6.51. The molecule has 1 atom stereocenters. The van der Waals surface area contributed by atoms with Crippen LogP contribution in [0.1, 0.15) is 49.9 Å². The first-order valence-electron chi connectivity index (χ1n) is 14.5. The van der Waals surface area contributed by atoms with Gasteiger partial charge in [0.25, 0.3) is 0 Å². The fourth-order valence-electron chi connectivity index (χ4n) is 4.77. The van der Waals surface area contributed by atoms with Crippen LogP contribution in [0, 0.1) is 0 Å². The van der Waals surface area contributed by atoms with Crippen LogP contribution in [0.2, 0.25) is 0 Å². The number of carbonyl (C=O) groups is 2. The highest BCUT2D eigenvalue weighted by Gasteiger charge is 2.47. The van der Waals surface area contributed by atoms with Crippen molar-refractivity contribution >= 4 is 22.9 Å². The third kappa shape index (κ3) is 8.86. The van der Waals surface area contributed by atoms with Crippen molar-refractivity contribution in [2.75, 3.05) is 6.61 Å². The number of hydrogen-bond donors (Lipinski definition) is 2.